The van der Waals surface area contributed by atoms with Gasteiger partial charge < -0.3 is 0 Å². The molecule has 2 aromatic carbocycles. The molecule has 3 rings (SSSR count). The number of rotatable bonds is 12. The van der Waals surface area contributed by atoms with Gasteiger partial charge in [-0.3, -0.25) is 0 Å². The van der Waals surface area contributed by atoms with Gasteiger partial charge in [-0.15, -0.1) is 0 Å². The van der Waals surface area contributed by atoms with Crippen molar-refractivity contribution in [2.24, 2.45) is 0 Å². The van der Waals surface area contributed by atoms with Crippen LogP contribution in [0.5, 0.6) is 0 Å². The number of nitrogens with one attached hydrogen (secondary N) is 1. The Kier molecular flexibility index (Phi) is 8.69. The number of benzene rings is 2. The number of aryl methyl sites for hydroxylation is 1. The van der Waals surface area contributed by atoms with E-state index < -0.39 is 0 Å². The zero-order valence-electron chi connectivity index (χ0n) is 16.8. The molecule has 0 saturated carbocycles. The Balaban J connectivity index is 1.30. The van der Waals surface area contributed by atoms with Crippen LogP contribution in [0.1, 0.15) is 45.1 Å². The van der Waals surface area contributed by atoms with Gasteiger partial charge in [0.2, 0.25) is 0 Å². The second-order valence-electron chi connectivity index (χ2n) is 7.25. The molecule has 0 amide bonds. The van der Waals surface area contributed by atoms with Crippen molar-refractivity contribution in [3.8, 4) is 0 Å². The van der Waals surface area contributed by atoms with E-state index in [2.05, 4.69) is 58.5 Å². The number of hydrogen-bond donors (Lipinski definition) is 2. The first-order valence-corrected chi connectivity index (χ1v) is 11.9. The monoisotopic (exact) mass is 455 g/mol. The van der Waals surface area contributed by atoms with Crippen molar-refractivity contribution in [1.29, 1.82) is 0 Å². The molecule has 4 nitrogen and oxygen atoms in total. The SMILES string of the molecule is C=C(Cc1ccccc1)NCCCCCc1nnc(Cc2cccc(CO)c2)[se]1. The molecule has 0 spiro atoms. The molecule has 1 heterocycles. The summed E-state index contributed by atoms with van der Waals surface area (Å²) in [5.41, 5.74) is 4.54. The molecule has 2 N–H and O–H groups in total. The molecular formula is C24H29N3OSe. The molecule has 0 aliphatic rings. The van der Waals surface area contributed by atoms with Crippen molar-refractivity contribution in [1.82, 2.24) is 15.5 Å². The number of allylic oxidation sites excluding steroid dienone is 1. The fourth-order valence-electron chi connectivity index (χ4n) is 3.22. The van der Waals surface area contributed by atoms with Gasteiger partial charge in [-0.1, -0.05) is 6.07 Å². The van der Waals surface area contributed by atoms with Crippen LogP contribution in [0.25, 0.3) is 0 Å². The molecule has 0 unspecified atom stereocenters. The molecule has 0 bridgehead atoms. The Bertz CT molecular complexity index is 892. The average molecular weight is 454 g/mol. The van der Waals surface area contributed by atoms with Crippen LogP contribution < -0.4 is 5.32 Å². The van der Waals surface area contributed by atoms with Crippen molar-refractivity contribution >= 4 is 14.5 Å². The third kappa shape index (κ3) is 7.62. The number of unbranched alkanes of at least 4 members (excludes halogenated alkanes) is 2. The Morgan fingerprint density at radius 3 is 2.48 bits per heavy atom. The summed E-state index contributed by atoms with van der Waals surface area (Å²) in [7, 11) is 0. The van der Waals surface area contributed by atoms with E-state index >= 15 is 0 Å². The van der Waals surface area contributed by atoms with E-state index in [-0.39, 0.29) is 21.1 Å². The predicted molar refractivity (Wildman–Crippen MR) is 119 cm³/mol. The number of aliphatic hydroxyl groups is 1. The molecule has 0 fully saturated rings. The molecule has 29 heavy (non-hydrogen) atoms. The van der Waals surface area contributed by atoms with Gasteiger partial charge in [-0.25, -0.2) is 0 Å². The van der Waals surface area contributed by atoms with Gasteiger partial charge >= 0.3 is 173 Å². The van der Waals surface area contributed by atoms with Crippen LogP contribution in [-0.4, -0.2) is 36.4 Å². The number of hydrogen-bond acceptors (Lipinski definition) is 4. The van der Waals surface area contributed by atoms with Crippen LogP contribution in [0.2, 0.25) is 0 Å². The number of nitrogens with zero attached hydrogens (tertiary/aromatic N) is 2. The molecule has 1 aromatic heterocycles. The predicted octanol–water partition coefficient (Wildman–Crippen LogP) is 3.68. The Morgan fingerprint density at radius 2 is 1.66 bits per heavy atom. The number of aromatic nitrogens is 2. The number of aliphatic hydroxyl groups excluding tert-OH is 1. The zero-order chi connectivity index (χ0) is 20.3. The van der Waals surface area contributed by atoms with Crippen LogP contribution in [-0.2, 0) is 25.9 Å². The van der Waals surface area contributed by atoms with E-state index in [4.69, 9.17) is 0 Å². The van der Waals surface area contributed by atoms with Gasteiger partial charge in [-0.05, 0) is 0 Å². The average Bonchev–Trinajstić information content (AvgIpc) is 3.18. The summed E-state index contributed by atoms with van der Waals surface area (Å²) in [6, 6.07) is 18.5. The minimum absolute atomic E-state index is 0.0850. The minimum atomic E-state index is 0.0850. The van der Waals surface area contributed by atoms with Crippen LogP contribution in [0.4, 0.5) is 0 Å². The van der Waals surface area contributed by atoms with E-state index in [1.165, 1.54) is 26.7 Å². The standard InChI is InChI=1S/C24H29N3OSe/c1-19(15-20-9-4-2-5-10-20)25-14-7-3-6-13-23-26-27-24(29-23)17-21-11-8-12-22(16-21)18-28/h2,4-5,8-12,16,25,28H,1,3,6-7,13-15,17-18H2. The Morgan fingerprint density at radius 1 is 0.897 bits per heavy atom. The van der Waals surface area contributed by atoms with Gasteiger partial charge in [0.1, 0.15) is 0 Å². The first-order valence-electron chi connectivity index (χ1n) is 10.2. The summed E-state index contributed by atoms with van der Waals surface area (Å²) in [5.74, 6) is 0. The molecular weight excluding hydrogens is 425 g/mol. The maximum absolute atomic E-state index is 9.26. The Labute approximate surface area is 179 Å². The first kappa shape index (κ1) is 21.5. The van der Waals surface area contributed by atoms with Crippen LogP contribution in [0, 0.1) is 0 Å². The van der Waals surface area contributed by atoms with Gasteiger partial charge in [0.25, 0.3) is 0 Å². The second-order valence-corrected chi connectivity index (χ2v) is 9.65. The van der Waals surface area contributed by atoms with E-state index in [1.54, 1.807) is 0 Å². The van der Waals surface area contributed by atoms with Gasteiger partial charge in [0, 0.05) is 0 Å². The fourth-order valence-corrected chi connectivity index (χ4v) is 5.15. The van der Waals surface area contributed by atoms with Gasteiger partial charge in [0.15, 0.2) is 0 Å². The molecule has 0 radical (unpaired) electrons. The second kappa shape index (κ2) is 11.7. The van der Waals surface area contributed by atoms with Crippen LogP contribution >= 0.6 is 0 Å². The summed E-state index contributed by atoms with van der Waals surface area (Å²) in [5, 5.41) is 21.5. The van der Waals surface area contributed by atoms with E-state index in [0.717, 1.165) is 49.9 Å². The van der Waals surface area contributed by atoms with E-state index in [9.17, 15) is 5.11 Å². The van der Waals surface area contributed by atoms with Crippen molar-refractivity contribution in [3.05, 3.63) is 92.7 Å². The van der Waals surface area contributed by atoms with Crippen molar-refractivity contribution in [3.63, 3.8) is 0 Å². The molecule has 0 saturated heterocycles. The summed E-state index contributed by atoms with van der Waals surface area (Å²) in [4.78, 5) is 0. The normalized spacial score (nSPS) is 10.8. The molecule has 5 heteroatoms. The molecule has 0 aliphatic heterocycles. The summed E-state index contributed by atoms with van der Waals surface area (Å²) in [6.45, 7) is 5.19. The molecule has 3 aromatic rings. The summed E-state index contributed by atoms with van der Waals surface area (Å²) in [6.07, 6.45) is 6.28. The van der Waals surface area contributed by atoms with Gasteiger partial charge in [0.05, 0.1) is 0 Å². The summed E-state index contributed by atoms with van der Waals surface area (Å²) >= 11 is 0.275. The maximum atomic E-state index is 9.26. The van der Waals surface area contributed by atoms with E-state index in [0.29, 0.717) is 0 Å². The quantitative estimate of drug-likeness (QED) is 0.324. The summed E-state index contributed by atoms with van der Waals surface area (Å²) < 4.78 is 2.44. The van der Waals surface area contributed by atoms with Crippen LogP contribution in [0.15, 0.2) is 66.9 Å². The zero-order valence-corrected chi connectivity index (χ0v) is 18.5. The molecule has 0 atom stereocenters. The topological polar surface area (TPSA) is 58.0 Å². The third-order valence-corrected chi connectivity index (χ3v) is 6.80. The first-order chi connectivity index (χ1) is 14.2. The van der Waals surface area contributed by atoms with Gasteiger partial charge in [-0.2, -0.15) is 0 Å². The van der Waals surface area contributed by atoms with E-state index in [1.807, 2.05) is 18.2 Å². The fraction of sp³-hybridized carbons (Fsp3) is 0.333. The third-order valence-electron chi connectivity index (χ3n) is 4.74. The van der Waals surface area contributed by atoms with Crippen molar-refractivity contribution < 1.29 is 5.11 Å². The molecule has 152 valence electrons. The van der Waals surface area contributed by atoms with Crippen molar-refractivity contribution in [2.45, 2.75) is 45.1 Å². The Hall–Kier alpha value is -2.20. The molecule has 0 aliphatic carbocycles. The van der Waals surface area contributed by atoms with Crippen molar-refractivity contribution in [2.75, 3.05) is 6.54 Å². The van der Waals surface area contributed by atoms with Crippen LogP contribution in [0.3, 0.4) is 0 Å².